The highest BCUT2D eigenvalue weighted by Crippen LogP contribution is 2.27. The van der Waals surface area contributed by atoms with Crippen molar-refractivity contribution in [2.75, 3.05) is 38.2 Å². The maximum atomic E-state index is 11.6. The third-order valence-corrected chi connectivity index (χ3v) is 4.11. The smallest absolute Gasteiger partial charge is 0.374 e. The van der Waals surface area contributed by atoms with Crippen LogP contribution in [0.3, 0.4) is 0 Å². The molecule has 0 amide bonds. The maximum Gasteiger partial charge on any atom is 0.374 e. The summed E-state index contributed by atoms with van der Waals surface area (Å²) in [5.41, 5.74) is 1.71. The summed E-state index contributed by atoms with van der Waals surface area (Å²) in [7, 11) is 1.35. The number of ether oxygens (including phenoxy) is 1. The zero-order valence-corrected chi connectivity index (χ0v) is 13.1. The zero-order valence-electron chi connectivity index (χ0n) is 13.1. The largest absolute Gasteiger partial charge is 0.506 e. The van der Waals surface area contributed by atoms with Gasteiger partial charge in [0.2, 0.25) is 5.76 Å². The number of carbonyl (C=O) groups excluding carboxylic acids is 1. The van der Waals surface area contributed by atoms with Gasteiger partial charge in [0, 0.05) is 38.3 Å². The summed E-state index contributed by atoms with van der Waals surface area (Å²) >= 11 is 0. The molecule has 6 nitrogen and oxygen atoms in total. The van der Waals surface area contributed by atoms with Crippen molar-refractivity contribution in [1.82, 2.24) is 4.90 Å². The van der Waals surface area contributed by atoms with Crippen LogP contribution in [0, 0.1) is 0 Å². The standard InChI is InChI=1S/C17H20N2O4/c1-22-17(21)16-13(6-11-23-16)12-18-7-9-19(10-8-18)14-4-2-3-5-15(14)20/h2-6,11,20H,7-10,12H2,1H3. The summed E-state index contributed by atoms with van der Waals surface area (Å²) in [6.45, 7) is 3.99. The molecule has 0 atom stereocenters. The number of phenols is 1. The predicted molar refractivity (Wildman–Crippen MR) is 85.6 cm³/mol. The molecule has 0 spiro atoms. The molecule has 3 rings (SSSR count). The fraction of sp³-hybridized carbons (Fsp3) is 0.353. The molecule has 1 saturated heterocycles. The number of methoxy groups -OCH3 is 1. The molecule has 1 fully saturated rings. The zero-order chi connectivity index (χ0) is 16.2. The van der Waals surface area contributed by atoms with E-state index in [1.807, 2.05) is 24.3 Å². The molecule has 0 aliphatic carbocycles. The number of hydrogen-bond donors (Lipinski definition) is 1. The van der Waals surface area contributed by atoms with Gasteiger partial charge in [-0.05, 0) is 18.2 Å². The molecule has 1 aromatic heterocycles. The van der Waals surface area contributed by atoms with Crippen LogP contribution in [-0.4, -0.2) is 49.3 Å². The van der Waals surface area contributed by atoms with Crippen molar-refractivity contribution < 1.29 is 19.1 Å². The minimum absolute atomic E-state index is 0.274. The van der Waals surface area contributed by atoms with Crippen molar-refractivity contribution in [1.29, 1.82) is 0 Å². The van der Waals surface area contributed by atoms with Crippen molar-refractivity contribution in [3.63, 3.8) is 0 Å². The summed E-state index contributed by atoms with van der Waals surface area (Å²) in [6.07, 6.45) is 1.51. The van der Waals surface area contributed by atoms with Crippen molar-refractivity contribution in [2.45, 2.75) is 6.54 Å². The Labute approximate surface area is 134 Å². The van der Waals surface area contributed by atoms with E-state index in [1.54, 1.807) is 6.07 Å². The second-order valence-electron chi connectivity index (χ2n) is 5.52. The molecule has 2 aromatic rings. The molecule has 0 unspecified atom stereocenters. The molecule has 23 heavy (non-hydrogen) atoms. The highest BCUT2D eigenvalue weighted by Gasteiger charge is 2.22. The van der Waals surface area contributed by atoms with E-state index < -0.39 is 5.97 Å². The van der Waals surface area contributed by atoms with Crippen LogP contribution in [0.1, 0.15) is 16.1 Å². The Morgan fingerprint density at radius 3 is 2.65 bits per heavy atom. The summed E-state index contributed by atoms with van der Waals surface area (Å²) < 4.78 is 9.95. The molecule has 1 aliphatic heterocycles. The number of phenolic OH excluding ortho intramolecular Hbond substituents is 1. The Kier molecular flexibility index (Phi) is 4.52. The first kappa shape index (κ1) is 15.4. The topological polar surface area (TPSA) is 66.2 Å². The Hall–Kier alpha value is -2.47. The molecular weight excluding hydrogens is 296 g/mol. The van der Waals surface area contributed by atoms with E-state index in [4.69, 9.17) is 9.15 Å². The third-order valence-electron chi connectivity index (χ3n) is 4.11. The van der Waals surface area contributed by atoms with E-state index in [0.717, 1.165) is 37.4 Å². The van der Waals surface area contributed by atoms with Crippen LogP contribution in [0.15, 0.2) is 41.0 Å². The second kappa shape index (κ2) is 6.75. The van der Waals surface area contributed by atoms with Gasteiger partial charge in [-0.3, -0.25) is 4.90 Å². The summed E-state index contributed by atoms with van der Waals surface area (Å²) in [6, 6.07) is 9.19. The van der Waals surface area contributed by atoms with E-state index in [9.17, 15) is 9.90 Å². The normalized spacial score (nSPS) is 15.6. The number of aromatic hydroxyl groups is 1. The summed E-state index contributed by atoms with van der Waals surface area (Å²) in [4.78, 5) is 16.1. The average Bonchev–Trinajstić information content (AvgIpc) is 3.03. The van der Waals surface area contributed by atoms with Gasteiger partial charge in [-0.25, -0.2) is 4.79 Å². The summed E-state index contributed by atoms with van der Waals surface area (Å²) in [5.74, 6) is 0.136. The number of anilines is 1. The van der Waals surface area contributed by atoms with E-state index >= 15 is 0 Å². The fourth-order valence-corrected chi connectivity index (χ4v) is 2.85. The number of benzene rings is 1. The third kappa shape index (κ3) is 3.32. The Morgan fingerprint density at radius 2 is 1.96 bits per heavy atom. The molecule has 1 aromatic carbocycles. The van der Waals surface area contributed by atoms with E-state index in [1.165, 1.54) is 13.4 Å². The van der Waals surface area contributed by atoms with Crippen molar-refractivity contribution in [3.8, 4) is 5.75 Å². The van der Waals surface area contributed by atoms with E-state index in [-0.39, 0.29) is 5.76 Å². The Bertz CT molecular complexity index is 675. The number of hydrogen-bond acceptors (Lipinski definition) is 6. The van der Waals surface area contributed by atoms with Gasteiger partial charge in [0.25, 0.3) is 0 Å². The van der Waals surface area contributed by atoms with Crippen LogP contribution in [0.25, 0.3) is 0 Å². The van der Waals surface area contributed by atoms with Gasteiger partial charge in [0.1, 0.15) is 5.75 Å². The molecule has 6 heteroatoms. The van der Waals surface area contributed by atoms with E-state index in [0.29, 0.717) is 12.3 Å². The highest BCUT2D eigenvalue weighted by molar-refractivity contribution is 5.87. The van der Waals surface area contributed by atoms with Crippen LogP contribution >= 0.6 is 0 Å². The van der Waals surface area contributed by atoms with Crippen molar-refractivity contribution in [3.05, 3.63) is 47.9 Å². The minimum atomic E-state index is -0.446. The average molecular weight is 316 g/mol. The highest BCUT2D eigenvalue weighted by atomic mass is 16.5. The van der Waals surface area contributed by atoms with Crippen LogP contribution in [0.2, 0.25) is 0 Å². The lowest BCUT2D eigenvalue weighted by atomic mass is 10.2. The van der Waals surface area contributed by atoms with E-state index in [2.05, 4.69) is 9.80 Å². The Balaban J connectivity index is 1.61. The van der Waals surface area contributed by atoms with Gasteiger partial charge in [-0.1, -0.05) is 12.1 Å². The van der Waals surface area contributed by atoms with Gasteiger partial charge in [-0.15, -0.1) is 0 Å². The first-order valence-corrected chi connectivity index (χ1v) is 7.59. The van der Waals surface area contributed by atoms with Crippen LogP contribution in [-0.2, 0) is 11.3 Å². The number of nitrogens with zero attached hydrogens (tertiary/aromatic N) is 2. The van der Waals surface area contributed by atoms with Crippen LogP contribution in [0.5, 0.6) is 5.75 Å². The van der Waals surface area contributed by atoms with Crippen molar-refractivity contribution >= 4 is 11.7 Å². The van der Waals surface area contributed by atoms with Gasteiger partial charge in [0.15, 0.2) is 0 Å². The maximum absolute atomic E-state index is 11.6. The quantitative estimate of drug-likeness (QED) is 0.871. The number of para-hydroxylation sites is 2. The predicted octanol–water partition coefficient (Wildman–Crippen LogP) is 2.09. The van der Waals surface area contributed by atoms with Crippen LogP contribution < -0.4 is 4.90 Å². The van der Waals surface area contributed by atoms with Crippen molar-refractivity contribution in [2.24, 2.45) is 0 Å². The molecular formula is C17H20N2O4. The minimum Gasteiger partial charge on any atom is -0.506 e. The fourth-order valence-electron chi connectivity index (χ4n) is 2.85. The number of rotatable bonds is 4. The lowest BCUT2D eigenvalue weighted by molar-refractivity contribution is 0.0561. The molecule has 1 aliphatic rings. The molecule has 2 heterocycles. The number of carbonyl (C=O) groups is 1. The lowest BCUT2D eigenvalue weighted by Gasteiger charge is -2.36. The molecule has 0 radical (unpaired) electrons. The molecule has 1 N–H and O–H groups in total. The van der Waals surface area contributed by atoms with Gasteiger partial charge in [0.05, 0.1) is 19.1 Å². The Morgan fingerprint density at radius 1 is 1.22 bits per heavy atom. The molecule has 0 saturated carbocycles. The van der Waals surface area contributed by atoms with Gasteiger partial charge >= 0.3 is 5.97 Å². The van der Waals surface area contributed by atoms with Gasteiger partial charge in [-0.2, -0.15) is 0 Å². The number of esters is 1. The first-order valence-electron chi connectivity index (χ1n) is 7.59. The second-order valence-corrected chi connectivity index (χ2v) is 5.52. The van der Waals surface area contributed by atoms with Crippen LogP contribution in [0.4, 0.5) is 5.69 Å². The van der Waals surface area contributed by atoms with Gasteiger partial charge < -0.3 is 19.2 Å². The monoisotopic (exact) mass is 316 g/mol. The summed E-state index contributed by atoms with van der Waals surface area (Å²) in [5, 5.41) is 9.94. The molecule has 122 valence electrons. The number of furan rings is 1. The SMILES string of the molecule is COC(=O)c1occc1CN1CCN(c2ccccc2O)CC1. The first-order chi connectivity index (χ1) is 11.2. The lowest BCUT2D eigenvalue weighted by Crippen LogP contribution is -2.46. The molecule has 0 bridgehead atoms. The number of piperazine rings is 1.